The molecule has 478 valence electrons. The molecule has 0 bridgehead atoms. The molecule has 0 aliphatic heterocycles. The smallest absolute Gasteiger partial charge is 0.306 e. The predicted molar refractivity (Wildman–Crippen MR) is 302 cm³/mol. The SMILES string of the molecule is COCCCN(CCNC(=O)CCN(CCC(=O)NCCN(CCC(=O)OC)CCC(=O)OC)CCN(CCC(=O)NCCN(CCC(=O)OC)CCC(=O)OC)CCC(=O)NCCN(CCC(=O)OC)CCC(=O)OC)CCC(=O)OC. The van der Waals surface area contributed by atoms with Crippen LogP contribution < -0.4 is 21.3 Å². The quantitative estimate of drug-likeness (QED) is 0.0285. The summed E-state index contributed by atoms with van der Waals surface area (Å²) in [4.78, 5) is 148. The number of esters is 7. The Morgan fingerprint density at radius 1 is 0.241 bits per heavy atom. The molecule has 0 aromatic heterocycles. The van der Waals surface area contributed by atoms with Gasteiger partial charge in [0.25, 0.3) is 0 Å². The fourth-order valence-corrected chi connectivity index (χ4v) is 7.99. The number of nitrogens with one attached hydrogen (secondary N) is 4. The van der Waals surface area contributed by atoms with Crippen LogP contribution in [0.5, 0.6) is 0 Å². The van der Waals surface area contributed by atoms with Crippen molar-refractivity contribution in [1.29, 1.82) is 0 Å². The maximum absolute atomic E-state index is 13.4. The number of amides is 4. The van der Waals surface area contributed by atoms with E-state index in [9.17, 15) is 52.7 Å². The Morgan fingerprint density at radius 3 is 0.614 bits per heavy atom. The van der Waals surface area contributed by atoms with Gasteiger partial charge in [-0.15, -0.1) is 0 Å². The first kappa shape index (κ1) is 76.9. The lowest BCUT2D eigenvalue weighted by molar-refractivity contribution is -0.142. The largest absolute Gasteiger partial charge is 0.469 e. The first-order valence-corrected chi connectivity index (χ1v) is 28.2. The summed E-state index contributed by atoms with van der Waals surface area (Å²) in [5, 5.41) is 11.7. The fourth-order valence-electron chi connectivity index (χ4n) is 7.99. The first-order chi connectivity index (χ1) is 39.8. The van der Waals surface area contributed by atoms with Crippen molar-refractivity contribution in [3.63, 3.8) is 0 Å². The molecular weight excluding hydrogens is 1090 g/mol. The van der Waals surface area contributed by atoms with E-state index in [4.69, 9.17) is 37.9 Å². The number of methoxy groups -OCH3 is 8. The molecule has 0 aromatic rings. The second-order valence-electron chi connectivity index (χ2n) is 19.1. The number of rotatable bonds is 52. The summed E-state index contributed by atoms with van der Waals surface area (Å²) < 4.78 is 38.6. The van der Waals surface area contributed by atoms with Crippen molar-refractivity contribution >= 4 is 65.4 Å². The van der Waals surface area contributed by atoms with Gasteiger partial charge in [-0.2, -0.15) is 0 Å². The molecule has 0 saturated carbocycles. The molecule has 0 aromatic carbocycles. The second-order valence-corrected chi connectivity index (χ2v) is 19.1. The molecule has 0 aliphatic rings. The monoisotopic (exact) mass is 1190 g/mol. The van der Waals surface area contributed by atoms with Gasteiger partial charge in [0.2, 0.25) is 23.6 Å². The van der Waals surface area contributed by atoms with Crippen LogP contribution in [0.4, 0.5) is 0 Å². The summed E-state index contributed by atoms with van der Waals surface area (Å²) >= 11 is 0. The predicted octanol–water partition coefficient (Wildman–Crippen LogP) is -2.20. The van der Waals surface area contributed by atoms with Crippen molar-refractivity contribution in [1.82, 2.24) is 50.7 Å². The molecule has 0 fully saturated rings. The zero-order valence-corrected chi connectivity index (χ0v) is 50.7. The Hall–Kier alpha value is -6.11. The normalized spacial score (nSPS) is 11.2. The van der Waals surface area contributed by atoms with Crippen LogP contribution >= 0.6 is 0 Å². The summed E-state index contributed by atoms with van der Waals surface area (Å²) in [7, 11) is 10.6. The number of nitrogens with zero attached hydrogens (tertiary/aromatic N) is 6. The van der Waals surface area contributed by atoms with Crippen molar-refractivity contribution in [3.8, 4) is 0 Å². The lowest BCUT2D eigenvalue weighted by atomic mass is 10.2. The van der Waals surface area contributed by atoms with E-state index in [1.165, 1.54) is 49.8 Å². The van der Waals surface area contributed by atoms with Crippen LogP contribution in [-0.4, -0.2) is 302 Å². The highest BCUT2D eigenvalue weighted by atomic mass is 16.5. The molecule has 0 atom stereocenters. The molecule has 4 amide bonds. The van der Waals surface area contributed by atoms with Gasteiger partial charge < -0.3 is 88.6 Å². The standard InChI is InChI=1S/C54H98N10O19/c1-76-43-9-25-59(30-14-48(69)77-2)37-21-55-44(65)10-26-63(27-11-45(66)56-22-38-60(31-15-49(70)78-3)32-16-50(71)79-4)41-42-64(28-12-46(67)57-23-39-61(33-17-51(72)80-5)34-18-52(73)81-6)29-13-47(68)58-24-40-62(35-19-53(74)82-7)36-20-54(75)83-8/h9-43H2,1-8H3,(H,55,65)(H,56,66)(H,57,67)(H,58,68). The lowest BCUT2D eigenvalue weighted by Gasteiger charge is -2.28. The van der Waals surface area contributed by atoms with Gasteiger partial charge in [-0.25, -0.2) is 0 Å². The van der Waals surface area contributed by atoms with Crippen molar-refractivity contribution in [2.24, 2.45) is 0 Å². The first-order valence-electron chi connectivity index (χ1n) is 28.2. The highest BCUT2D eigenvalue weighted by Gasteiger charge is 2.19. The van der Waals surface area contributed by atoms with E-state index in [1.807, 2.05) is 29.4 Å². The van der Waals surface area contributed by atoms with E-state index in [0.717, 1.165) is 6.42 Å². The minimum atomic E-state index is -0.423. The molecule has 0 saturated heterocycles. The molecule has 83 heavy (non-hydrogen) atoms. The molecular formula is C54H98N10O19. The highest BCUT2D eigenvalue weighted by molar-refractivity contribution is 5.78. The van der Waals surface area contributed by atoms with Crippen LogP contribution in [0.15, 0.2) is 0 Å². The summed E-state index contributed by atoms with van der Waals surface area (Å²) in [5.41, 5.74) is 0. The minimum absolute atomic E-state index is 0.0322. The average Bonchev–Trinajstić information content (AvgIpc) is 3.48. The maximum atomic E-state index is 13.4. The minimum Gasteiger partial charge on any atom is -0.469 e. The Morgan fingerprint density at radius 2 is 0.422 bits per heavy atom. The molecule has 29 nitrogen and oxygen atoms in total. The Balaban J connectivity index is 6.38. The van der Waals surface area contributed by atoms with Crippen LogP contribution in [0.2, 0.25) is 0 Å². The van der Waals surface area contributed by atoms with Crippen molar-refractivity contribution in [2.75, 3.05) is 207 Å². The number of hydrogen-bond acceptors (Lipinski definition) is 25. The van der Waals surface area contributed by atoms with E-state index < -0.39 is 35.8 Å². The average molecular weight is 1190 g/mol. The Labute approximate surface area is 490 Å². The molecule has 0 spiro atoms. The van der Waals surface area contributed by atoms with Gasteiger partial charge in [0.1, 0.15) is 0 Å². The van der Waals surface area contributed by atoms with E-state index in [0.29, 0.717) is 78.6 Å². The molecule has 0 unspecified atom stereocenters. The molecule has 0 radical (unpaired) electrons. The topological polar surface area (TPSA) is 329 Å². The zero-order chi connectivity index (χ0) is 62.0. The fraction of sp³-hybridized carbons (Fsp3) is 0.796. The van der Waals surface area contributed by atoms with Crippen molar-refractivity contribution in [3.05, 3.63) is 0 Å². The molecule has 0 aliphatic carbocycles. The Kier molecular flexibility index (Phi) is 46.7. The molecule has 29 heteroatoms. The second kappa shape index (κ2) is 50.4. The summed E-state index contributed by atoms with van der Waals surface area (Å²) in [5.74, 6) is -3.98. The van der Waals surface area contributed by atoms with Gasteiger partial charge in [0.05, 0.1) is 94.7 Å². The Bertz CT molecular complexity index is 1780. The molecule has 4 N–H and O–H groups in total. The third-order valence-corrected chi connectivity index (χ3v) is 13.2. The van der Waals surface area contributed by atoms with Crippen LogP contribution in [0.1, 0.15) is 77.0 Å². The third-order valence-electron chi connectivity index (χ3n) is 13.2. The van der Waals surface area contributed by atoms with E-state index in [1.54, 1.807) is 7.11 Å². The van der Waals surface area contributed by atoms with Crippen LogP contribution in [0, 0.1) is 0 Å². The van der Waals surface area contributed by atoms with Gasteiger partial charge in [-0.3, -0.25) is 52.7 Å². The van der Waals surface area contributed by atoms with Gasteiger partial charge in [0, 0.05) is 183 Å². The van der Waals surface area contributed by atoms with E-state index >= 15 is 0 Å². The van der Waals surface area contributed by atoms with Gasteiger partial charge in [-0.1, -0.05) is 0 Å². The zero-order valence-electron chi connectivity index (χ0n) is 50.7. The summed E-state index contributed by atoms with van der Waals surface area (Å²) in [6.07, 6.45) is 1.57. The van der Waals surface area contributed by atoms with Crippen LogP contribution in [0.25, 0.3) is 0 Å². The van der Waals surface area contributed by atoms with Gasteiger partial charge in [0.15, 0.2) is 0 Å². The van der Waals surface area contributed by atoms with Crippen molar-refractivity contribution < 1.29 is 90.6 Å². The van der Waals surface area contributed by atoms with Crippen LogP contribution in [0.3, 0.4) is 0 Å². The number of carbonyl (C=O) groups excluding carboxylic acids is 11. The summed E-state index contributed by atoms with van der Waals surface area (Å²) in [6.45, 7) is 7.28. The lowest BCUT2D eigenvalue weighted by Crippen LogP contribution is -2.43. The van der Waals surface area contributed by atoms with Crippen LogP contribution in [-0.2, 0) is 90.6 Å². The highest BCUT2D eigenvalue weighted by Crippen LogP contribution is 2.05. The third kappa shape index (κ3) is 44.1. The molecule has 0 rings (SSSR count). The number of carbonyl (C=O) groups is 11. The van der Waals surface area contributed by atoms with Crippen molar-refractivity contribution in [2.45, 2.75) is 77.0 Å². The molecule has 0 heterocycles. The van der Waals surface area contributed by atoms with E-state index in [-0.39, 0.29) is 172 Å². The maximum Gasteiger partial charge on any atom is 0.306 e. The van der Waals surface area contributed by atoms with Gasteiger partial charge >= 0.3 is 41.8 Å². The number of ether oxygens (including phenoxy) is 8. The van der Waals surface area contributed by atoms with E-state index in [2.05, 4.69) is 21.3 Å². The summed E-state index contributed by atoms with van der Waals surface area (Å²) in [6, 6.07) is 0. The van der Waals surface area contributed by atoms with Gasteiger partial charge in [-0.05, 0) is 6.42 Å². The number of hydrogen-bond donors (Lipinski definition) is 4.